The minimum absolute atomic E-state index is 1.05. The monoisotopic (exact) mass is 120 g/mol. The summed E-state index contributed by atoms with van der Waals surface area (Å²) < 4.78 is 0. The lowest BCUT2D eigenvalue weighted by Crippen LogP contribution is -2.33. The largest absolute Gasteiger partial charge is 0.0819 e. The van der Waals surface area contributed by atoms with Crippen molar-refractivity contribution in [2.75, 3.05) is 0 Å². The van der Waals surface area contributed by atoms with Crippen LogP contribution in [-0.4, -0.2) is 0 Å². The zero-order valence-corrected chi connectivity index (χ0v) is 5.64. The van der Waals surface area contributed by atoms with Crippen LogP contribution in [0.3, 0.4) is 0 Å². The summed E-state index contributed by atoms with van der Waals surface area (Å²) in [5.41, 5.74) is 1.79. The fraction of sp³-hybridized carbons (Fsp3) is 0.778. The van der Waals surface area contributed by atoms with Crippen LogP contribution in [0.4, 0.5) is 0 Å². The molecule has 0 N–H and O–H groups in total. The van der Waals surface area contributed by atoms with Gasteiger partial charge in [-0.3, -0.25) is 0 Å². The summed E-state index contributed by atoms with van der Waals surface area (Å²) in [7, 11) is 0. The van der Waals surface area contributed by atoms with Gasteiger partial charge in [-0.1, -0.05) is 11.6 Å². The van der Waals surface area contributed by atoms with Crippen molar-refractivity contribution in [3.05, 3.63) is 11.6 Å². The van der Waals surface area contributed by atoms with E-state index >= 15 is 0 Å². The Morgan fingerprint density at radius 1 is 1.44 bits per heavy atom. The van der Waals surface area contributed by atoms with E-state index in [1.54, 1.807) is 5.57 Å². The van der Waals surface area contributed by atoms with E-state index in [4.69, 9.17) is 0 Å². The minimum Gasteiger partial charge on any atom is -0.0819 e. The SMILES string of the molecule is C1=C2CCC3CC1C3C2. The van der Waals surface area contributed by atoms with Gasteiger partial charge in [-0.05, 0) is 43.4 Å². The topological polar surface area (TPSA) is 0 Å². The van der Waals surface area contributed by atoms with Crippen LogP contribution < -0.4 is 0 Å². The molecular formula is C9H12. The lowest BCUT2D eigenvalue weighted by molar-refractivity contribution is 0.104. The summed E-state index contributed by atoms with van der Waals surface area (Å²) in [5.74, 6) is 3.33. The summed E-state index contributed by atoms with van der Waals surface area (Å²) >= 11 is 0. The minimum atomic E-state index is 1.05. The molecule has 0 spiro atoms. The Balaban J connectivity index is 2.05. The maximum atomic E-state index is 2.56. The van der Waals surface area contributed by atoms with Crippen molar-refractivity contribution in [1.82, 2.24) is 0 Å². The van der Waals surface area contributed by atoms with Crippen LogP contribution in [0.2, 0.25) is 0 Å². The van der Waals surface area contributed by atoms with Crippen LogP contribution in [0.1, 0.15) is 25.7 Å². The first-order valence-corrected chi connectivity index (χ1v) is 4.13. The molecule has 2 bridgehead atoms. The van der Waals surface area contributed by atoms with Crippen molar-refractivity contribution >= 4 is 0 Å². The highest BCUT2D eigenvalue weighted by atomic mass is 14.5. The molecule has 48 valence electrons. The smallest absolute Gasteiger partial charge is 0.0194 e. The molecule has 0 heteroatoms. The van der Waals surface area contributed by atoms with E-state index in [0.29, 0.717) is 0 Å². The molecule has 3 atom stereocenters. The fourth-order valence-corrected chi connectivity index (χ4v) is 2.92. The first kappa shape index (κ1) is 4.54. The number of rotatable bonds is 0. The molecule has 0 nitrogen and oxygen atoms in total. The lowest BCUT2D eigenvalue weighted by Gasteiger charge is -2.42. The number of allylic oxidation sites excluding steroid dienone is 2. The van der Waals surface area contributed by atoms with Crippen LogP contribution in [0.15, 0.2) is 11.6 Å². The van der Waals surface area contributed by atoms with Gasteiger partial charge in [-0.25, -0.2) is 0 Å². The molecule has 0 aliphatic heterocycles. The molecule has 0 aromatic rings. The number of hydrogen-bond acceptors (Lipinski definition) is 0. The van der Waals surface area contributed by atoms with Crippen molar-refractivity contribution in [2.24, 2.45) is 17.8 Å². The van der Waals surface area contributed by atoms with Crippen LogP contribution in [-0.2, 0) is 0 Å². The summed E-state index contributed by atoms with van der Waals surface area (Å²) in [6.45, 7) is 0. The summed E-state index contributed by atoms with van der Waals surface area (Å²) in [6.07, 6.45) is 8.54. The average Bonchev–Trinajstić information content (AvgIpc) is 2.04. The first-order chi connectivity index (χ1) is 4.43. The van der Waals surface area contributed by atoms with E-state index in [1.807, 2.05) is 0 Å². The molecule has 3 unspecified atom stereocenters. The lowest BCUT2D eigenvalue weighted by atomic mass is 9.63. The molecule has 2 saturated carbocycles. The molecule has 0 heterocycles. The third kappa shape index (κ3) is 0.417. The predicted molar refractivity (Wildman–Crippen MR) is 37.0 cm³/mol. The van der Waals surface area contributed by atoms with Gasteiger partial charge in [0, 0.05) is 0 Å². The van der Waals surface area contributed by atoms with Crippen molar-refractivity contribution < 1.29 is 0 Å². The molecular weight excluding hydrogens is 108 g/mol. The quantitative estimate of drug-likeness (QED) is 0.430. The maximum Gasteiger partial charge on any atom is -0.0194 e. The maximum absolute atomic E-state index is 2.56. The van der Waals surface area contributed by atoms with E-state index in [0.717, 1.165) is 17.8 Å². The van der Waals surface area contributed by atoms with Gasteiger partial charge in [-0.15, -0.1) is 0 Å². The zero-order chi connectivity index (χ0) is 5.84. The van der Waals surface area contributed by atoms with Gasteiger partial charge >= 0.3 is 0 Å². The molecule has 0 amide bonds. The highest BCUT2D eigenvalue weighted by molar-refractivity contribution is 5.22. The third-order valence-electron chi connectivity index (χ3n) is 3.51. The summed E-state index contributed by atoms with van der Waals surface area (Å²) in [6, 6.07) is 0. The fourth-order valence-electron chi connectivity index (χ4n) is 2.92. The van der Waals surface area contributed by atoms with E-state index < -0.39 is 0 Å². The molecule has 0 radical (unpaired) electrons. The molecule has 9 heavy (non-hydrogen) atoms. The Morgan fingerprint density at radius 2 is 2.44 bits per heavy atom. The average molecular weight is 120 g/mol. The zero-order valence-electron chi connectivity index (χ0n) is 5.64. The van der Waals surface area contributed by atoms with Crippen molar-refractivity contribution in [1.29, 1.82) is 0 Å². The van der Waals surface area contributed by atoms with Gasteiger partial charge in [0.15, 0.2) is 0 Å². The second-order valence-electron chi connectivity index (χ2n) is 3.89. The van der Waals surface area contributed by atoms with Crippen molar-refractivity contribution in [3.8, 4) is 0 Å². The van der Waals surface area contributed by atoms with Crippen LogP contribution in [0.5, 0.6) is 0 Å². The number of fused-ring (bicyclic) bond motifs is 1. The highest BCUT2D eigenvalue weighted by Crippen LogP contribution is 2.56. The van der Waals surface area contributed by atoms with Crippen LogP contribution >= 0.6 is 0 Å². The molecule has 3 aliphatic rings. The Labute approximate surface area is 56.0 Å². The van der Waals surface area contributed by atoms with Crippen LogP contribution in [0.25, 0.3) is 0 Å². The van der Waals surface area contributed by atoms with Gasteiger partial charge in [0.1, 0.15) is 0 Å². The van der Waals surface area contributed by atoms with Gasteiger partial charge in [0.05, 0.1) is 0 Å². The Morgan fingerprint density at radius 3 is 3.33 bits per heavy atom. The second kappa shape index (κ2) is 1.25. The van der Waals surface area contributed by atoms with Gasteiger partial charge in [0.25, 0.3) is 0 Å². The summed E-state index contributed by atoms with van der Waals surface area (Å²) in [4.78, 5) is 0. The standard InChI is InChI=1S/C9H12/c1-2-7-5-8-3-6(1)4-9(7)8/h3,7-9H,1-2,4-5H2. The predicted octanol–water partition coefficient (Wildman–Crippen LogP) is 2.36. The molecule has 3 rings (SSSR count). The molecule has 2 fully saturated rings. The normalized spacial score (nSPS) is 52.4. The van der Waals surface area contributed by atoms with Gasteiger partial charge < -0.3 is 0 Å². The summed E-state index contributed by atoms with van der Waals surface area (Å²) in [5, 5.41) is 0. The second-order valence-corrected chi connectivity index (χ2v) is 3.89. The highest BCUT2D eigenvalue weighted by Gasteiger charge is 2.45. The van der Waals surface area contributed by atoms with Gasteiger partial charge in [-0.2, -0.15) is 0 Å². The Hall–Kier alpha value is -0.260. The third-order valence-corrected chi connectivity index (χ3v) is 3.51. The van der Waals surface area contributed by atoms with E-state index in [2.05, 4.69) is 6.08 Å². The number of hydrogen-bond donors (Lipinski definition) is 0. The van der Waals surface area contributed by atoms with Crippen molar-refractivity contribution in [2.45, 2.75) is 25.7 Å². The first-order valence-electron chi connectivity index (χ1n) is 4.13. The van der Waals surface area contributed by atoms with Gasteiger partial charge in [0.2, 0.25) is 0 Å². The van der Waals surface area contributed by atoms with E-state index in [-0.39, 0.29) is 0 Å². The molecule has 3 aliphatic carbocycles. The molecule has 0 saturated heterocycles. The van der Waals surface area contributed by atoms with E-state index in [1.165, 1.54) is 25.7 Å². The molecule has 0 aromatic heterocycles. The molecule has 0 aromatic carbocycles. The van der Waals surface area contributed by atoms with E-state index in [9.17, 15) is 0 Å². The van der Waals surface area contributed by atoms with Crippen LogP contribution in [0, 0.1) is 17.8 Å². The van der Waals surface area contributed by atoms with Crippen molar-refractivity contribution in [3.63, 3.8) is 0 Å². The Bertz CT molecular complexity index is 176. The Kier molecular flexibility index (Phi) is 0.633.